The Balaban J connectivity index is 1.93. The van der Waals surface area contributed by atoms with E-state index < -0.39 is 0 Å². The summed E-state index contributed by atoms with van der Waals surface area (Å²) in [5, 5.41) is 12.1. The fraction of sp³-hybridized carbons (Fsp3) is 0.588. The number of carbonyl (C=O) groups is 1. The van der Waals surface area contributed by atoms with Crippen LogP contribution < -0.4 is 5.32 Å². The normalized spacial score (nSPS) is 15.8. The summed E-state index contributed by atoms with van der Waals surface area (Å²) < 4.78 is 0. The zero-order valence-corrected chi connectivity index (χ0v) is 13.0. The first-order chi connectivity index (χ1) is 10.1. The van der Waals surface area contributed by atoms with E-state index in [0.717, 1.165) is 12.8 Å². The maximum atomic E-state index is 12.3. The van der Waals surface area contributed by atoms with Gasteiger partial charge in [0.05, 0.1) is 6.61 Å². The highest BCUT2D eigenvalue weighted by Crippen LogP contribution is 2.27. The number of rotatable bonds is 7. The second kappa shape index (κ2) is 7.46. The molecule has 4 nitrogen and oxygen atoms in total. The molecule has 0 spiro atoms. The third-order valence-corrected chi connectivity index (χ3v) is 4.10. The molecule has 1 fully saturated rings. The average molecular weight is 290 g/mol. The molecular weight excluding hydrogens is 264 g/mol. The minimum atomic E-state index is -0.0480. The molecule has 4 heteroatoms. The van der Waals surface area contributed by atoms with Crippen LogP contribution in [-0.2, 0) is 0 Å². The molecule has 0 saturated heterocycles. The predicted octanol–water partition coefficient (Wildman–Crippen LogP) is 2.59. The van der Waals surface area contributed by atoms with Crippen molar-refractivity contribution >= 4 is 6.03 Å². The maximum absolute atomic E-state index is 12.3. The highest BCUT2D eigenvalue weighted by molar-refractivity contribution is 5.75. The molecule has 1 saturated carbocycles. The van der Waals surface area contributed by atoms with Crippen molar-refractivity contribution in [1.82, 2.24) is 10.2 Å². The molecular formula is C17H26N2O2. The molecule has 116 valence electrons. The molecule has 0 heterocycles. The molecule has 1 aromatic carbocycles. The summed E-state index contributed by atoms with van der Waals surface area (Å²) in [6.45, 7) is 5.44. The van der Waals surface area contributed by atoms with Gasteiger partial charge >= 0.3 is 6.03 Å². The monoisotopic (exact) mass is 290 g/mol. The van der Waals surface area contributed by atoms with Crippen LogP contribution in [0.25, 0.3) is 0 Å². The Hall–Kier alpha value is -1.55. The van der Waals surface area contributed by atoms with Gasteiger partial charge < -0.3 is 15.3 Å². The van der Waals surface area contributed by atoms with E-state index in [-0.39, 0.29) is 12.6 Å². The lowest BCUT2D eigenvalue weighted by Gasteiger charge is -2.26. The standard InChI is InChI=1S/C17H26N2O2/c1-13(2)16(14-6-4-3-5-7-14)12-18-17(21)19(10-11-20)15-8-9-15/h3-7,13,15-16,20H,8-12H2,1-2H3,(H,18,21). The van der Waals surface area contributed by atoms with Crippen molar-refractivity contribution in [3.8, 4) is 0 Å². The number of amides is 2. The number of nitrogens with one attached hydrogen (secondary N) is 1. The highest BCUT2D eigenvalue weighted by Gasteiger charge is 2.32. The molecule has 2 amide bonds. The number of aliphatic hydroxyl groups is 1. The van der Waals surface area contributed by atoms with E-state index in [1.54, 1.807) is 4.90 Å². The largest absolute Gasteiger partial charge is 0.395 e. The van der Waals surface area contributed by atoms with Crippen molar-refractivity contribution in [3.63, 3.8) is 0 Å². The second-order valence-corrected chi connectivity index (χ2v) is 6.10. The second-order valence-electron chi connectivity index (χ2n) is 6.10. The van der Waals surface area contributed by atoms with E-state index in [1.165, 1.54) is 5.56 Å². The SMILES string of the molecule is CC(C)C(CNC(=O)N(CCO)C1CC1)c1ccccc1. The molecule has 21 heavy (non-hydrogen) atoms. The zero-order valence-electron chi connectivity index (χ0n) is 13.0. The highest BCUT2D eigenvalue weighted by atomic mass is 16.3. The summed E-state index contributed by atoms with van der Waals surface area (Å²) in [7, 11) is 0. The van der Waals surface area contributed by atoms with E-state index in [2.05, 4.69) is 31.3 Å². The van der Waals surface area contributed by atoms with Gasteiger partial charge in [-0.3, -0.25) is 0 Å². The zero-order chi connectivity index (χ0) is 15.2. The van der Waals surface area contributed by atoms with Crippen LogP contribution in [0.15, 0.2) is 30.3 Å². The van der Waals surface area contributed by atoms with Crippen LogP contribution in [0.5, 0.6) is 0 Å². The summed E-state index contributed by atoms with van der Waals surface area (Å²) >= 11 is 0. The van der Waals surface area contributed by atoms with Crippen molar-refractivity contribution < 1.29 is 9.90 Å². The minimum absolute atomic E-state index is 0.0240. The van der Waals surface area contributed by atoms with Crippen LogP contribution in [0.3, 0.4) is 0 Å². The van der Waals surface area contributed by atoms with E-state index in [0.29, 0.717) is 31.0 Å². The number of hydrogen-bond donors (Lipinski definition) is 2. The summed E-state index contributed by atoms with van der Waals surface area (Å²) in [6.07, 6.45) is 2.11. The van der Waals surface area contributed by atoms with Gasteiger partial charge in [0.2, 0.25) is 0 Å². The van der Waals surface area contributed by atoms with Gasteiger partial charge in [-0.15, -0.1) is 0 Å². The number of aliphatic hydroxyl groups excluding tert-OH is 1. The number of benzene rings is 1. The van der Waals surface area contributed by atoms with E-state index in [9.17, 15) is 4.79 Å². The van der Waals surface area contributed by atoms with Gasteiger partial charge in [0.1, 0.15) is 0 Å². The molecule has 1 unspecified atom stereocenters. The van der Waals surface area contributed by atoms with Gasteiger partial charge in [0.15, 0.2) is 0 Å². The minimum Gasteiger partial charge on any atom is -0.395 e. The third kappa shape index (κ3) is 4.46. The Morgan fingerprint density at radius 2 is 2.00 bits per heavy atom. The quantitative estimate of drug-likeness (QED) is 0.811. The van der Waals surface area contributed by atoms with Gasteiger partial charge in [-0.2, -0.15) is 0 Å². The molecule has 2 rings (SSSR count). The Morgan fingerprint density at radius 1 is 1.33 bits per heavy atom. The van der Waals surface area contributed by atoms with Gasteiger partial charge in [-0.25, -0.2) is 4.79 Å². The Bertz CT molecular complexity index is 443. The molecule has 0 aromatic heterocycles. The van der Waals surface area contributed by atoms with Crippen LogP contribution in [0.2, 0.25) is 0 Å². The van der Waals surface area contributed by atoms with E-state index in [4.69, 9.17) is 5.11 Å². The summed E-state index contributed by atoms with van der Waals surface area (Å²) in [5.41, 5.74) is 1.26. The number of carbonyl (C=O) groups excluding carboxylic acids is 1. The number of urea groups is 1. The van der Waals surface area contributed by atoms with Gasteiger partial charge in [0, 0.05) is 25.0 Å². The molecule has 0 bridgehead atoms. The lowest BCUT2D eigenvalue weighted by molar-refractivity contribution is 0.172. The lowest BCUT2D eigenvalue weighted by Crippen LogP contribution is -2.44. The Labute approximate surface area is 127 Å². The topological polar surface area (TPSA) is 52.6 Å². The summed E-state index contributed by atoms with van der Waals surface area (Å²) in [6, 6.07) is 10.6. The molecule has 2 N–H and O–H groups in total. The van der Waals surface area contributed by atoms with E-state index >= 15 is 0 Å². The first-order valence-electron chi connectivity index (χ1n) is 7.83. The smallest absolute Gasteiger partial charge is 0.317 e. The van der Waals surface area contributed by atoms with Crippen molar-refractivity contribution in [2.75, 3.05) is 19.7 Å². The molecule has 1 aliphatic carbocycles. The van der Waals surface area contributed by atoms with E-state index in [1.807, 2.05) is 18.2 Å². The molecule has 1 aliphatic rings. The van der Waals surface area contributed by atoms with Crippen LogP contribution in [-0.4, -0.2) is 41.8 Å². The Morgan fingerprint density at radius 3 is 2.52 bits per heavy atom. The third-order valence-electron chi connectivity index (χ3n) is 4.10. The molecule has 1 atom stereocenters. The summed E-state index contributed by atoms with van der Waals surface area (Å²) in [5.74, 6) is 0.769. The van der Waals surface area contributed by atoms with Crippen molar-refractivity contribution in [1.29, 1.82) is 0 Å². The lowest BCUT2D eigenvalue weighted by atomic mass is 9.88. The van der Waals surface area contributed by atoms with Crippen molar-refractivity contribution in [2.24, 2.45) is 5.92 Å². The Kier molecular flexibility index (Phi) is 5.62. The first kappa shape index (κ1) is 15.8. The average Bonchev–Trinajstić information content (AvgIpc) is 3.30. The van der Waals surface area contributed by atoms with Crippen LogP contribution in [0.4, 0.5) is 4.79 Å². The number of hydrogen-bond acceptors (Lipinski definition) is 2. The van der Waals surface area contributed by atoms with Gasteiger partial charge in [-0.1, -0.05) is 44.2 Å². The predicted molar refractivity (Wildman–Crippen MR) is 84.2 cm³/mol. The van der Waals surface area contributed by atoms with Crippen molar-refractivity contribution in [3.05, 3.63) is 35.9 Å². The van der Waals surface area contributed by atoms with Crippen molar-refractivity contribution in [2.45, 2.75) is 38.6 Å². The van der Waals surface area contributed by atoms with Crippen LogP contribution >= 0.6 is 0 Å². The number of nitrogens with zero attached hydrogens (tertiary/aromatic N) is 1. The molecule has 0 aliphatic heterocycles. The van der Waals surface area contributed by atoms with Gasteiger partial charge in [0.25, 0.3) is 0 Å². The fourth-order valence-electron chi connectivity index (χ4n) is 2.68. The van der Waals surface area contributed by atoms with Crippen LogP contribution in [0, 0.1) is 5.92 Å². The molecule has 1 aromatic rings. The molecule has 0 radical (unpaired) electrons. The van der Waals surface area contributed by atoms with Crippen LogP contribution in [0.1, 0.15) is 38.2 Å². The fourth-order valence-corrected chi connectivity index (χ4v) is 2.68. The maximum Gasteiger partial charge on any atom is 0.317 e. The summed E-state index contributed by atoms with van der Waals surface area (Å²) in [4.78, 5) is 14.0. The van der Waals surface area contributed by atoms with Gasteiger partial charge in [-0.05, 0) is 24.3 Å². The first-order valence-corrected chi connectivity index (χ1v) is 7.83.